The molecule has 2 atom stereocenters. The minimum absolute atomic E-state index is 0.0158. The Labute approximate surface area is 155 Å². The molecule has 8 heteroatoms. The minimum atomic E-state index is -0.580. The van der Waals surface area contributed by atoms with Crippen LogP contribution in [0.15, 0.2) is 29.9 Å². The number of carbonyl (C=O) groups is 2. The van der Waals surface area contributed by atoms with Gasteiger partial charge in [0.1, 0.15) is 11.4 Å². The maximum Gasteiger partial charge on any atom is 0.273 e. The zero-order chi connectivity index (χ0) is 18.1. The van der Waals surface area contributed by atoms with E-state index in [2.05, 4.69) is 15.3 Å². The number of aryl methyl sites for hydroxylation is 1. The second-order valence-corrected chi connectivity index (χ2v) is 7.85. The molecule has 0 aromatic carbocycles. The first kappa shape index (κ1) is 17.0. The number of aromatic nitrogens is 2. The molecule has 2 aromatic rings. The number of nitrogens with zero attached hydrogens (tertiary/aromatic N) is 3. The van der Waals surface area contributed by atoms with Gasteiger partial charge in [0.05, 0.1) is 23.2 Å². The standard InChI is InChI=1S/C18H20N4O3S/c1-12-21-15(10-26-12)16(23)22-6-4-18(11-22)13(7-20-17(18)24)9-25-14-3-2-5-19-8-14/h2-3,5,8,10,13H,4,6-7,9,11H2,1H3,(H,20,24)/t13-,18-/m1/s1. The highest BCUT2D eigenvalue weighted by atomic mass is 32.1. The van der Waals surface area contributed by atoms with Crippen LogP contribution < -0.4 is 10.1 Å². The third-order valence-corrected chi connectivity index (χ3v) is 6.03. The zero-order valence-corrected chi connectivity index (χ0v) is 15.3. The Hall–Kier alpha value is -2.48. The fourth-order valence-electron chi connectivity index (χ4n) is 3.77. The van der Waals surface area contributed by atoms with Gasteiger partial charge in [0.2, 0.25) is 5.91 Å². The summed E-state index contributed by atoms with van der Waals surface area (Å²) in [7, 11) is 0. The van der Waals surface area contributed by atoms with E-state index in [1.165, 1.54) is 11.3 Å². The van der Waals surface area contributed by atoms with Gasteiger partial charge in [0.15, 0.2) is 0 Å². The van der Waals surface area contributed by atoms with Gasteiger partial charge in [-0.3, -0.25) is 14.6 Å². The topological polar surface area (TPSA) is 84.4 Å². The summed E-state index contributed by atoms with van der Waals surface area (Å²) in [6.45, 7) is 3.84. The molecular weight excluding hydrogens is 352 g/mol. The SMILES string of the molecule is Cc1nc(C(=O)N2CC[C@]3(C2)C(=O)NC[C@@H]3COc2cccnc2)cs1. The van der Waals surface area contributed by atoms with Crippen LogP contribution in [-0.4, -0.2) is 52.9 Å². The lowest BCUT2D eigenvalue weighted by molar-refractivity contribution is -0.128. The van der Waals surface area contributed by atoms with Crippen molar-refractivity contribution in [2.24, 2.45) is 11.3 Å². The maximum atomic E-state index is 12.7. The van der Waals surface area contributed by atoms with Crippen molar-refractivity contribution in [3.05, 3.63) is 40.6 Å². The second kappa shape index (κ2) is 6.68. The highest BCUT2D eigenvalue weighted by Gasteiger charge is 2.55. The molecule has 0 bridgehead atoms. The molecule has 7 nitrogen and oxygen atoms in total. The van der Waals surface area contributed by atoms with Gasteiger partial charge in [-0.15, -0.1) is 11.3 Å². The number of carbonyl (C=O) groups excluding carboxylic acids is 2. The molecule has 136 valence electrons. The summed E-state index contributed by atoms with van der Waals surface area (Å²) in [6.07, 6.45) is 4.00. The van der Waals surface area contributed by atoms with E-state index >= 15 is 0 Å². The molecule has 2 aliphatic rings. The Bertz CT molecular complexity index is 825. The van der Waals surface area contributed by atoms with Gasteiger partial charge in [-0.1, -0.05) is 0 Å². The second-order valence-electron chi connectivity index (χ2n) is 6.79. The van der Waals surface area contributed by atoms with Crippen molar-refractivity contribution in [3.8, 4) is 5.75 Å². The Balaban J connectivity index is 1.47. The molecule has 2 saturated heterocycles. The lowest BCUT2D eigenvalue weighted by Crippen LogP contribution is -2.41. The van der Waals surface area contributed by atoms with Crippen LogP contribution in [-0.2, 0) is 4.79 Å². The van der Waals surface area contributed by atoms with Crippen molar-refractivity contribution in [2.45, 2.75) is 13.3 Å². The molecule has 2 aliphatic heterocycles. The first-order chi connectivity index (χ1) is 12.6. The van der Waals surface area contributed by atoms with Gasteiger partial charge >= 0.3 is 0 Å². The van der Waals surface area contributed by atoms with Crippen LogP contribution in [0.25, 0.3) is 0 Å². The summed E-state index contributed by atoms with van der Waals surface area (Å²) < 4.78 is 5.84. The first-order valence-corrected chi connectivity index (χ1v) is 9.49. The predicted octanol–water partition coefficient (Wildman–Crippen LogP) is 1.50. The van der Waals surface area contributed by atoms with Crippen LogP contribution in [0.5, 0.6) is 5.75 Å². The molecule has 2 aromatic heterocycles. The summed E-state index contributed by atoms with van der Waals surface area (Å²) in [5.74, 6) is 0.621. The maximum absolute atomic E-state index is 12.7. The summed E-state index contributed by atoms with van der Waals surface area (Å²) in [4.78, 5) is 35.4. The molecule has 0 unspecified atom stereocenters. The fraction of sp³-hybridized carbons (Fsp3) is 0.444. The number of hydrogen-bond acceptors (Lipinski definition) is 6. The summed E-state index contributed by atoms with van der Waals surface area (Å²) in [6, 6.07) is 3.66. The van der Waals surface area contributed by atoms with E-state index in [0.29, 0.717) is 44.1 Å². The number of rotatable bonds is 4. The summed E-state index contributed by atoms with van der Waals surface area (Å²) >= 11 is 1.46. The minimum Gasteiger partial charge on any atom is -0.492 e. The van der Waals surface area contributed by atoms with Gasteiger partial charge < -0.3 is 15.0 Å². The van der Waals surface area contributed by atoms with Gasteiger partial charge in [-0.25, -0.2) is 4.98 Å². The van der Waals surface area contributed by atoms with Crippen LogP contribution in [0.1, 0.15) is 21.9 Å². The van der Waals surface area contributed by atoms with Gasteiger partial charge in [0, 0.05) is 37.1 Å². The van der Waals surface area contributed by atoms with Crippen molar-refractivity contribution in [1.82, 2.24) is 20.2 Å². The average Bonchev–Trinajstić information content (AvgIpc) is 3.36. The molecule has 0 saturated carbocycles. The van der Waals surface area contributed by atoms with Crippen LogP contribution in [0, 0.1) is 18.3 Å². The third kappa shape index (κ3) is 2.94. The monoisotopic (exact) mass is 372 g/mol. The number of likely N-dealkylation sites (tertiary alicyclic amines) is 1. The van der Waals surface area contributed by atoms with E-state index < -0.39 is 5.41 Å². The van der Waals surface area contributed by atoms with E-state index in [4.69, 9.17) is 4.74 Å². The number of amides is 2. The smallest absolute Gasteiger partial charge is 0.273 e. The lowest BCUT2D eigenvalue weighted by atomic mass is 9.77. The Morgan fingerprint density at radius 2 is 2.42 bits per heavy atom. The van der Waals surface area contributed by atoms with Gasteiger partial charge in [-0.2, -0.15) is 0 Å². The van der Waals surface area contributed by atoms with Crippen molar-refractivity contribution in [1.29, 1.82) is 0 Å². The molecule has 1 N–H and O–H groups in total. The van der Waals surface area contributed by atoms with Crippen molar-refractivity contribution in [3.63, 3.8) is 0 Å². The number of nitrogens with one attached hydrogen (secondary N) is 1. The number of thiazole rings is 1. The summed E-state index contributed by atoms with van der Waals surface area (Å²) in [5, 5.41) is 5.60. The fourth-order valence-corrected chi connectivity index (χ4v) is 4.36. The highest BCUT2D eigenvalue weighted by molar-refractivity contribution is 7.09. The van der Waals surface area contributed by atoms with E-state index in [1.807, 2.05) is 19.1 Å². The number of pyridine rings is 1. The molecule has 4 rings (SSSR count). The van der Waals surface area contributed by atoms with Crippen LogP contribution in [0.2, 0.25) is 0 Å². The highest BCUT2D eigenvalue weighted by Crippen LogP contribution is 2.42. The van der Waals surface area contributed by atoms with Crippen LogP contribution >= 0.6 is 11.3 Å². The first-order valence-electron chi connectivity index (χ1n) is 8.61. The molecular formula is C18H20N4O3S. The van der Waals surface area contributed by atoms with Gasteiger partial charge in [0.25, 0.3) is 5.91 Å². The zero-order valence-electron chi connectivity index (χ0n) is 14.5. The quantitative estimate of drug-likeness (QED) is 0.879. The third-order valence-electron chi connectivity index (χ3n) is 5.25. The normalized spacial score (nSPS) is 24.9. The predicted molar refractivity (Wildman–Crippen MR) is 96.0 cm³/mol. The van der Waals surface area contributed by atoms with E-state index in [1.54, 1.807) is 22.7 Å². The number of hydrogen-bond donors (Lipinski definition) is 1. The lowest BCUT2D eigenvalue weighted by Gasteiger charge is -2.27. The molecule has 1 spiro atoms. The largest absolute Gasteiger partial charge is 0.492 e. The van der Waals surface area contributed by atoms with Crippen molar-refractivity contribution in [2.75, 3.05) is 26.2 Å². The van der Waals surface area contributed by atoms with Crippen LogP contribution in [0.4, 0.5) is 0 Å². The van der Waals surface area contributed by atoms with Crippen LogP contribution in [0.3, 0.4) is 0 Å². The average molecular weight is 372 g/mol. The van der Waals surface area contributed by atoms with E-state index in [0.717, 1.165) is 5.01 Å². The molecule has 0 aliphatic carbocycles. The Kier molecular flexibility index (Phi) is 4.36. The molecule has 0 radical (unpaired) electrons. The number of ether oxygens (including phenoxy) is 1. The van der Waals surface area contributed by atoms with Crippen molar-refractivity contribution >= 4 is 23.2 Å². The van der Waals surface area contributed by atoms with Crippen molar-refractivity contribution < 1.29 is 14.3 Å². The molecule has 2 fully saturated rings. The van der Waals surface area contributed by atoms with Gasteiger partial charge in [-0.05, 0) is 25.5 Å². The summed E-state index contributed by atoms with van der Waals surface area (Å²) in [5.41, 5.74) is -0.116. The van der Waals surface area contributed by atoms with E-state index in [9.17, 15) is 9.59 Å². The molecule has 26 heavy (non-hydrogen) atoms. The molecule has 4 heterocycles. The van der Waals surface area contributed by atoms with E-state index in [-0.39, 0.29) is 17.7 Å². The Morgan fingerprint density at radius 1 is 1.54 bits per heavy atom. The molecule has 2 amide bonds. The Morgan fingerprint density at radius 3 is 3.15 bits per heavy atom.